The maximum Gasteiger partial charge on any atom is 0.336 e. The molecule has 0 saturated carbocycles. The Kier molecular flexibility index (Phi) is 2.22. The zero-order valence-corrected chi connectivity index (χ0v) is 8.96. The zero-order valence-electron chi connectivity index (χ0n) is 8.96. The fourth-order valence-corrected chi connectivity index (χ4v) is 1.87. The second-order valence-electron chi connectivity index (χ2n) is 3.72. The van der Waals surface area contributed by atoms with Crippen molar-refractivity contribution in [3.05, 3.63) is 65.3 Å². The van der Waals surface area contributed by atoms with Gasteiger partial charge < -0.3 is 4.42 Å². The van der Waals surface area contributed by atoms with Gasteiger partial charge in [-0.1, -0.05) is 30.3 Å². The summed E-state index contributed by atoms with van der Waals surface area (Å²) in [4.78, 5) is 15.4. The van der Waals surface area contributed by atoms with Gasteiger partial charge in [-0.05, 0) is 17.2 Å². The SMILES string of the molecule is O=c1cc(-c2ccccc2)c2ccncc2o1. The van der Waals surface area contributed by atoms with Crippen molar-refractivity contribution in [3.63, 3.8) is 0 Å². The van der Waals surface area contributed by atoms with Crippen molar-refractivity contribution < 1.29 is 4.42 Å². The lowest BCUT2D eigenvalue weighted by atomic mass is 10.0. The van der Waals surface area contributed by atoms with Crippen LogP contribution < -0.4 is 5.63 Å². The van der Waals surface area contributed by atoms with E-state index in [2.05, 4.69) is 4.98 Å². The maximum atomic E-state index is 11.5. The lowest BCUT2D eigenvalue weighted by Crippen LogP contribution is -1.98. The first-order valence-corrected chi connectivity index (χ1v) is 5.28. The van der Waals surface area contributed by atoms with Crippen molar-refractivity contribution in [1.82, 2.24) is 4.98 Å². The number of hydrogen-bond donors (Lipinski definition) is 0. The monoisotopic (exact) mass is 223 g/mol. The molecule has 0 aliphatic rings. The number of hydrogen-bond acceptors (Lipinski definition) is 3. The fraction of sp³-hybridized carbons (Fsp3) is 0. The third-order valence-corrected chi connectivity index (χ3v) is 2.63. The third kappa shape index (κ3) is 1.72. The average Bonchev–Trinajstić information content (AvgIpc) is 2.39. The van der Waals surface area contributed by atoms with E-state index in [1.54, 1.807) is 12.4 Å². The summed E-state index contributed by atoms with van der Waals surface area (Å²) in [6, 6.07) is 13.1. The van der Waals surface area contributed by atoms with Crippen molar-refractivity contribution in [1.29, 1.82) is 0 Å². The first-order chi connectivity index (χ1) is 8.34. The standard InChI is InChI=1S/C14H9NO2/c16-14-8-12(10-4-2-1-3-5-10)11-6-7-15-9-13(11)17-14/h1-9H. The summed E-state index contributed by atoms with van der Waals surface area (Å²) in [5, 5.41) is 0.894. The second-order valence-corrected chi connectivity index (χ2v) is 3.72. The number of pyridine rings is 1. The van der Waals surface area contributed by atoms with E-state index in [1.165, 1.54) is 6.07 Å². The molecule has 17 heavy (non-hydrogen) atoms. The van der Waals surface area contributed by atoms with E-state index in [1.807, 2.05) is 36.4 Å². The summed E-state index contributed by atoms with van der Waals surface area (Å²) in [7, 11) is 0. The van der Waals surface area contributed by atoms with E-state index in [-0.39, 0.29) is 5.63 Å². The predicted molar refractivity (Wildman–Crippen MR) is 65.7 cm³/mol. The molecule has 0 aliphatic carbocycles. The minimum absolute atomic E-state index is 0.357. The Morgan fingerprint density at radius 1 is 1.06 bits per heavy atom. The van der Waals surface area contributed by atoms with Gasteiger partial charge in [0.25, 0.3) is 0 Å². The molecule has 0 unspecified atom stereocenters. The molecule has 3 heteroatoms. The van der Waals surface area contributed by atoms with Crippen LogP contribution in [-0.4, -0.2) is 4.98 Å². The van der Waals surface area contributed by atoms with Crippen LogP contribution in [0.1, 0.15) is 0 Å². The van der Waals surface area contributed by atoms with Gasteiger partial charge in [0.15, 0.2) is 5.58 Å². The van der Waals surface area contributed by atoms with Crippen LogP contribution in [0.3, 0.4) is 0 Å². The molecule has 1 aromatic carbocycles. The van der Waals surface area contributed by atoms with Gasteiger partial charge in [0, 0.05) is 17.6 Å². The summed E-state index contributed by atoms with van der Waals surface area (Å²) in [5.74, 6) is 0. The van der Waals surface area contributed by atoms with Crippen LogP contribution >= 0.6 is 0 Å². The quantitative estimate of drug-likeness (QED) is 0.637. The molecule has 2 heterocycles. The van der Waals surface area contributed by atoms with E-state index in [0.717, 1.165) is 16.5 Å². The van der Waals surface area contributed by atoms with Crippen molar-refractivity contribution in [2.24, 2.45) is 0 Å². The smallest absolute Gasteiger partial charge is 0.336 e. The van der Waals surface area contributed by atoms with Crippen molar-refractivity contribution in [2.45, 2.75) is 0 Å². The van der Waals surface area contributed by atoms with Gasteiger partial charge in [-0.15, -0.1) is 0 Å². The van der Waals surface area contributed by atoms with Gasteiger partial charge in [0.2, 0.25) is 0 Å². The molecule has 0 fully saturated rings. The normalized spacial score (nSPS) is 10.6. The largest absolute Gasteiger partial charge is 0.421 e. The summed E-state index contributed by atoms with van der Waals surface area (Å²) >= 11 is 0. The van der Waals surface area contributed by atoms with Crippen LogP contribution in [0.25, 0.3) is 22.1 Å². The van der Waals surface area contributed by atoms with Gasteiger partial charge in [0.05, 0.1) is 6.20 Å². The minimum atomic E-state index is -0.357. The molecule has 0 atom stereocenters. The number of rotatable bonds is 1. The molecular formula is C14H9NO2. The highest BCUT2D eigenvalue weighted by Crippen LogP contribution is 2.25. The highest BCUT2D eigenvalue weighted by Gasteiger charge is 2.06. The first-order valence-electron chi connectivity index (χ1n) is 5.28. The zero-order chi connectivity index (χ0) is 11.7. The van der Waals surface area contributed by atoms with Gasteiger partial charge in [0.1, 0.15) is 0 Å². The second kappa shape index (κ2) is 3.87. The van der Waals surface area contributed by atoms with Crippen molar-refractivity contribution >= 4 is 11.0 Å². The molecule has 0 radical (unpaired) electrons. The predicted octanol–water partition coefficient (Wildman–Crippen LogP) is 2.86. The van der Waals surface area contributed by atoms with Crippen LogP contribution in [0.2, 0.25) is 0 Å². The Bertz CT molecular complexity index is 717. The molecule has 2 aromatic heterocycles. The molecule has 3 rings (SSSR count). The number of aromatic nitrogens is 1. The molecular weight excluding hydrogens is 214 g/mol. The first kappa shape index (κ1) is 9.78. The Labute approximate surface area is 97.4 Å². The summed E-state index contributed by atoms with van der Waals surface area (Å²) in [6.45, 7) is 0. The van der Waals surface area contributed by atoms with E-state index in [9.17, 15) is 4.79 Å². The maximum absolute atomic E-state index is 11.5. The van der Waals surface area contributed by atoms with Crippen LogP contribution in [0.5, 0.6) is 0 Å². The van der Waals surface area contributed by atoms with Gasteiger partial charge in [-0.25, -0.2) is 4.79 Å². The lowest BCUT2D eigenvalue weighted by molar-refractivity contribution is 0.560. The highest BCUT2D eigenvalue weighted by atomic mass is 16.4. The molecule has 0 spiro atoms. The van der Waals surface area contributed by atoms with Crippen LogP contribution in [0, 0.1) is 0 Å². The average molecular weight is 223 g/mol. The lowest BCUT2D eigenvalue weighted by Gasteiger charge is -2.04. The fourth-order valence-electron chi connectivity index (χ4n) is 1.87. The van der Waals surface area contributed by atoms with Gasteiger partial charge >= 0.3 is 5.63 Å². The van der Waals surface area contributed by atoms with Crippen molar-refractivity contribution in [3.8, 4) is 11.1 Å². The molecule has 0 N–H and O–H groups in total. The molecule has 82 valence electrons. The van der Waals surface area contributed by atoms with Crippen LogP contribution in [-0.2, 0) is 0 Å². The van der Waals surface area contributed by atoms with E-state index in [0.29, 0.717) is 5.58 Å². The van der Waals surface area contributed by atoms with E-state index >= 15 is 0 Å². The number of fused-ring (bicyclic) bond motifs is 1. The molecule has 0 amide bonds. The highest BCUT2D eigenvalue weighted by molar-refractivity contribution is 5.92. The van der Waals surface area contributed by atoms with Gasteiger partial charge in [-0.2, -0.15) is 0 Å². The summed E-state index contributed by atoms with van der Waals surface area (Å²) in [5.41, 5.74) is 2.03. The molecule has 0 saturated heterocycles. The molecule has 3 aromatic rings. The minimum Gasteiger partial charge on any atom is -0.421 e. The third-order valence-electron chi connectivity index (χ3n) is 2.63. The molecule has 0 bridgehead atoms. The van der Waals surface area contributed by atoms with Crippen LogP contribution in [0.15, 0.2) is 64.1 Å². The van der Waals surface area contributed by atoms with Gasteiger partial charge in [-0.3, -0.25) is 4.98 Å². The Hall–Kier alpha value is -2.42. The number of benzene rings is 1. The Morgan fingerprint density at radius 2 is 1.88 bits per heavy atom. The molecule has 3 nitrogen and oxygen atoms in total. The number of nitrogens with zero attached hydrogens (tertiary/aromatic N) is 1. The van der Waals surface area contributed by atoms with E-state index < -0.39 is 0 Å². The van der Waals surface area contributed by atoms with E-state index in [4.69, 9.17) is 4.42 Å². The summed E-state index contributed by atoms with van der Waals surface area (Å²) in [6.07, 6.45) is 3.25. The Balaban J connectivity index is 2.40. The summed E-state index contributed by atoms with van der Waals surface area (Å²) < 4.78 is 5.11. The molecule has 0 aliphatic heterocycles. The topological polar surface area (TPSA) is 43.1 Å². The van der Waals surface area contributed by atoms with Crippen LogP contribution in [0.4, 0.5) is 0 Å². The Morgan fingerprint density at radius 3 is 2.71 bits per heavy atom. The van der Waals surface area contributed by atoms with Crippen molar-refractivity contribution in [2.75, 3.05) is 0 Å².